The number of hydrogen-bond acceptors (Lipinski definition) is 8. The number of nitrogens with one attached hydrogen (secondary N) is 1. The lowest BCUT2D eigenvalue weighted by Crippen LogP contribution is -2.53. The van der Waals surface area contributed by atoms with Crippen LogP contribution in [0.2, 0.25) is 0 Å². The summed E-state index contributed by atoms with van der Waals surface area (Å²) in [5.74, 6) is 1.21. The summed E-state index contributed by atoms with van der Waals surface area (Å²) < 4.78 is 21.8. The number of urea groups is 1. The Bertz CT molecular complexity index is 1320. The Morgan fingerprint density at radius 3 is 2.50 bits per heavy atom. The number of benzene rings is 2. The van der Waals surface area contributed by atoms with Crippen LogP contribution in [0.15, 0.2) is 53.7 Å². The van der Waals surface area contributed by atoms with Gasteiger partial charge in [0.05, 0.1) is 25.3 Å². The number of amides is 3. The van der Waals surface area contributed by atoms with Crippen LogP contribution in [0.4, 0.5) is 4.79 Å². The predicted octanol–water partition coefficient (Wildman–Crippen LogP) is 2.79. The van der Waals surface area contributed by atoms with Crippen LogP contribution in [0.1, 0.15) is 35.8 Å². The maximum atomic E-state index is 13.4. The van der Waals surface area contributed by atoms with Crippen LogP contribution in [0.5, 0.6) is 17.2 Å². The molecule has 2 aromatic carbocycles. The average Bonchev–Trinajstić information content (AvgIpc) is 3.45. The predicted molar refractivity (Wildman–Crippen MR) is 145 cm³/mol. The minimum absolute atomic E-state index is 0.0761. The summed E-state index contributed by atoms with van der Waals surface area (Å²) in [5.41, 5.74) is 2.20. The molecule has 2 aromatic rings. The van der Waals surface area contributed by atoms with Crippen LogP contribution in [0.3, 0.4) is 0 Å². The molecular formula is C29H34N4O7. The minimum Gasteiger partial charge on any atom is -0.496 e. The summed E-state index contributed by atoms with van der Waals surface area (Å²) in [6.45, 7) is 6.88. The highest BCUT2D eigenvalue weighted by molar-refractivity contribution is 5.96. The number of methoxy groups -OCH3 is 1. The van der Waals surface area contributed by atoms with Crippen LogP contribution < -0.4 is 19.5 Å². The molecule has 1 N–H and O–H groups in total. The van der Waals surface area contributed by atoms with Gasteiger partial charge in [-0.1, -0.05) is 18.2 Å². The number of nitrogens with zero attached hydrogens (tertiary/aromatic N) is 3. The molecule has 3 amide bonds. The van der Waals surface area contributed by atoms with Gasteiger partial charge in [-0.2, -0.15) is 0 Å². The Morgan fingerprint density at radius 2 is 1.77 bits per heavy atom. The maximum Gasteiger partial charge on any atom is 0.338 e. The number of likely N-dealkylation sites (N-methyl/N-ethyl adjacent to an activating group) is 1. The van der Waals surface area contributed by atoms with Crippen molar-refractivity contribution in [1.82, 2.24) is 20.0 Å². The SMILES string of the molecule is CCOC(=O)C1=C(CN2CCN(C(=O)c3ccc4c(c3)OCO4)CC2)N(CC)C(=O)NC1c1ccccc1OC. The maximum absolute atomic E-state index is 13.4. The molecule has 5 rings (SSSR count). The monoisotopic (exact) mass is 550 g/mol. The highest BCUT2D eigenvalue weighted by atomic mass is 16.7. The summed E-state index contributed by atoms with van der Waals surface area (Å²) in [6.07, 6.45) is 0. The van der Waals surface area contributed by atoms with E-state index in [0.717, 1.165) is 0 Å². The molecule has 0 aliphatic carbocycles. The van der Waals surface area contributed by atoms with E-state index < -0.39 is 12.0 Å². The summed E-state index contributed by atoms with van der Waals surface area (Å²) in [4.78, 5) is 45.4. The zero-order valence-corrected chi connectivity index (χ0v) is 23.0. The van der Waals surface area contributed by atoms with Gasteiger partial charge in [0.1, 0.15) is 5.75 Å². The zero-order valence-electron chi connectivity index (χ0n) is 23.0. The summed E-state index contributed by atoms with van der Waals surface area (Å²) in [6, 6.07) is 11.5. The first-order valence-corrected chi connectivity index (χ1v) is 13.5. The van der Waals surface area contributed by atoms with Crippen molar-refractivity contribution in [3.8, 4) is 17.2 Å². The molecule has 11 nitrogen and oxygen atoms in total. The molecule has 212 valence electrons. The fourth-order valence-corrected chi connectivity index (χ4v) is 5.33. The van der Waals surface area contributed by atoms with Crippen molar-refractivity contribution in [1.29, 1.82) is 0 Å². The molecule has 1 fully saturated rings. The lowest BCUT2D eigenvalue weighted by Gasteiger charge is -2.40. The number of rotatable bonds is 8. The molecule has 0 aromatic heterocycles. The Labute approximate surface area is 233 Å². The number of esters is 1. The van der Waals surface area contributed by atoms with E-state index in [2.05, 4.69) is 10.2 Å². The molecule has 0 radical (unpaired) electrons. The van der Waals surface area contributed by atoms with E-state index in [9.17, 15) is 14.4 Å². The van der Waals surface area contributed by atoms with Crippen molar-refractivity contribution < 1.29 is 33.3 Å². The second-order valence-electron chi connectivity index (χ2n) is 9.59. The molecule has 11 heteroatoms. The summed E-state index contributed by atoms with van der Waals surface area (Å²) >= 11 is 0. The molecule has 3 heterocycles. The van der Waals surface area contributed by atoms with Crippen LogP contribution in [-0.2, 0) is 9.53 Å². The van der Waals surface area contributed by atoms with E-state index in [4.69, 9.17) is 18.9 Å². The number of carbonyl (C=O) groups is 3. The Balaban J connectivity index is 1.38. The first-order chi connectivity index (χ1) is 19.4. The number of ether oxygens (including phenoxy) is 4. The topological polar surface area (TPSA) is 110 Å². The third-order valence-electron chi connectivity index (χ3n) is 7.35. The fourth-order valence-electron chi connectivity index (χ4n) is 5.33. The summed E-state index contributed by atoms with van der Waals surface area (Å²) in [5, 5.41) is 2.98. The Kier molecular flexibility index (Phi) is 8.11. The standard InChI is InChI=1S/C29H34N4O7/c1-4-33-21(25(28(35)38-5-2)26(30-29(33)36)20-8-6-7-9-22(20)37-3)17-31-12-14-32(15-13-31)27(34)19-10-11-23-24(16-19)40-18-39-23/h6-11,16,26H,4-5,12-15,17-18H2,1-3H3,(H,30,36). The molecule has 0 bridgehead atoms. The van der Waals surface area contributed by atoms with E-state index >= 15 is 0 Å². The molecule has 1 unspecified atom stereocenters. The minimum atomic E-state index is -0.727. The van der Waals surface area contributed by atoms with E-state index in [0.29, 0.717) is 78.9 Å². The van der Waals surface area contributed by atoms with E-state index in [1.54, 1.807) is 48.1 Å². The van der Waals surface area contributed by atoms with Gasteiger partial charge in [0.2, 0.25) is 6.79 Å². The molecule has 3 aliphatic rings. The molecule has 1 atom stereocenters. The molecule has 0 spiro atoms. The molecule has 0 saturated carbocycles. The molecule has 1 saturated heterocycles. The van der Waals surface area contributed by atoms with E-state index in [1.807, 2.05) is 25.1 Å². The number of piperazine rings is 1. The van der Waals surface area contributed by atoms with Gasteiger partial charge in [-0.3, -0.25) is 14.6 Å². The summed E-state index contributed by atoms with van der Waals surface area (Å²) in [7, 11) is 1.56. The number of fused-ring (bicyclic) bond motifs is 1. The second kappa shape index (κ2) is 11.9. The Morgan fingerprint density at radius 1 is 1.02 bits per heavy atom. The van der Waals surface area contributed by atoms with Gasteiger partial charge in [0.25, 0.3) is 5.91 Å². The molecule has 40 heavy (non-hydrogen) atoms. The van der Waals surface area contributed by atoms with Gasteiger partial charge >= 0.3 is 12.0 Å². The second-order valence-corrected chi connectivity index (χ2v) is 9.59. The third kappa shape index (κ3) is 5.29. The Hall–Kier alpha value is -4.25. The quantitative estimate of drug-likeness (QED) is 0.500. The highest BCUT2D eigenvalue weighted by Gasteiger charge is 2.39. The van der Waals surface area contributed by atoms with Crippen LogP contribution in [0, 0.1) is 0 Å². The third-order valence-corrected chi connectivity index (χ3v) is 7.35. The average molecular weight is 551 g/mol. The van der Waals surface area contributed by atoms with Gasteiger partial charge in [0, 0.05) is 56.1 Å². The van der Waals surface area contributed by atoms with Crippen LogP contribution >= 0.6 is 0 Å². The van der Waals surface area contributed by atoms with Crippen molar-refractivity contribution in [2.24, 2.45) is 0 Å². The van der Waals surface area contributed by atoms with Crippen molar-refractivity contribution in [3.63, 3.8) is 0 Å². The van der Waals surface area contributed by atoms with E-state index in [-0.39, 0.29) is 25.3 Å². The van der Waals surface area contributed by atoms with Gasteiger partial charge in [-0.25, -0.2) is 9.59 Å². The lowest BCUT2D eigenvalue weighted by molar-refractivity contribution is -0.139. The van der Waals surface area contributed by atoms with Crippen LogP contribution in [0.25, 0.3) is 0 Å². The first kappa shape index (κ1) is 27.3. The van der Waals surface area contributed by atoms with Gasteiger partial charge < -0.3 is 29.2 Å². The smallest absolute Gasteiger partial charge is 0.338 e. The lowest BCUT2D eigenvalue weighted by atomic mass is 9.93. The largest absolute Gasteiger partial charge is 0.496 e. The highest BCUT2D eigenvalue weighted by Crippen LogP contribution is 2.36. The van der Waals surface area contributed by atoms with Crippen molar-refractivity contribution in [2.45, 2.75) is 19.9 Å². The zero-order chi connectivity index (χ0) is 28.2. The fraction of sp³-hybridized carbons (Fsp3) is 0.414. The van der Waals surface area contributed by atoms with Gasteiger partial charge in [-0.05, 0) is 38.1 Å². The van der Waals surface area contributed by atoms with Crippen molar-refractivity contribution in [3.05, 3.63) is 64.9 Å². The number of para-hydroxylation sites is 1. The molecular weight excluding hydrogens is 516 g/mol. The first-order valence-electron chi connectivity index (χ1n) is 13.5. The van der Waals surface area contributed by atoms with Crippen molar-refractivity contribution >= 4 is 17.9 Å². The van der Waals surface area contributed by atoms with Crippen molar-refractivity contribution in [2.75, 3.05) is 59.8 Å². The normalized spacial score (nSPS) is 19.0. The van der Waals surface area contributed by atoms with Crippen LogP contribution in [-0.4, -0.2) is 92.4 Å². The molecule has 3 aliphatic heterocycles. The van der Waals surface area contributed by atoms with Gasteiger partial charge in [-0.15, -0.1) is 0 Å². The van der Waals surface area contributed by atoms with E-state index in [1.165, 1.54) is 0 Å². The van der Waals surface area contributed by atoms with Gasteiger partial charge in [0.15, 0.2) is 11.5 Å². The number of hydrogen-bond donors (Lipinski definition) is 1. The number of carbonyl (C=O) groups excluding carboxylic acids is 3.